The van der Waals surface area contributed by atoms with Crippen LogP contribution in [0.5, 0.6) is 11.8 Å². The Morgan fingerprint density at radius 1 is 1.20 bits per heavy atom. The van der Waals surface area contributed by atoms with Crippen molar-refractivity contribution < 1.29 is 14.2 Å². The molecule has 0 fully saturated rings. The van der Waals surface area contributed by atoms with Crippen molar-refractivity contribution in [2.45, 2.75) is 6.42 Å². The van der Waals surface area contributed by atoms with E-state index < -0.39 is 0 Å². The summed E-state index contributed by atoms with van der Waals surface area (Å²) in [5.41, 5.74) is 5.46. The molecule has 15 heavy (non-hydrogen) atoms. The summed E-state index contributed by atoms with van der Waals surface area (Å²) in [7, 11) is 3.15. The van der Waals surface area contributed by atoms with Gasteiger partial charge in [-0.1, -0.05) is 0 Å². The van der Waals surface area contributed by atoms with E-state index in [1.54, 1.807) is 13.2 Å². The van der Waals surface area contributed by atoms with Crippen LogP contribution in [-0.2, 0) is 4.74 Å². The Morgan fingerprint density at radius 2 is 1.93 bits per heavy atom. The van der Waals surface area contributed by atoms with Crippen molar-refractivity contribution in [3.05, 3.63) is 6.07 Å². The van der Waals surface area contributed by atoms with E-state index in [0.29, 0.717) is 25.0 Å². The van der Waals surface area contributed by atoms with E-state index in [2.05, 4.69) is 9.97 Å². The maximum Gasteiger partial charge on any atom is 0.226 e. The van der Waals surface area contributed by atoms with Gasteiger partial charge in [0.15, 0.2) is 0 Å². The van der Waals surface area contributed by atoms with Crippen LogP contribution >= 0.6 is 0 Å². The maximum absolute atomic E-state index is 5.46. The van der Waals surface area contributed by atoms with Gasteiger partial charge in [-0.25, -0.2) is 0 Å². The van der Waals surface area contributed by atoms with Crippen LogP contribution in [0.3, 0.4) is 0 Å². The molecule has 0 radical (unpaired) electrons. The number of nitrogens with two attached hydrogens (primary N) is 1. The molecule has 0 aliphatic rings. The van der Waals surface area contributed by atoms with Gasteiger partial charge in [0, 0.05) is 20.1 Å². The number of nitrogen functional groups attached to an aromatic ring is 1. The van der Waals surface area contributed by atoms with Gasteiger partial charge in [-0.2, -0.15) is 9.97 Å². The molecule has 0 spiro atoms. The van der Waals surface area contributed by atoms with Crippen molar-refractivity contribution in [1.29, 1.82) is 0 Å². The smallest absolute Gasteiger partial charge is 0.226 e. The second kappa shape index (κ2) is 6.02. The number of nitrogens with zero attached hydrogens (tertiary/aromatic N) is 2. The molecular weight excluding hydrogens is 198 g/mol. The van der Waals surface area contributed by atoms with Gasteiger partial charge in [0.1, 0.15) is 0 Å². The van der Waals surface area contributed by atoms with E-state index in [0.717, 1.165) is 6.42 Å². The average molecular weight is 213 g/mol. The van der Waals surface area contributed by atoms with E-state index in [1.807, 2.05) is 0 Å². The predicted octanol–water partition coefficient (Wildman–Crippen LogP) is 0.483. The molecule has 0 saturated carbocycles. The summed E-state index contributed by atoms with van der Waals surface area (Å²) in [5, 5.41) is 0. The number of methoxy groups -OCH3 is 2. The molecule has 6 nitrogen and oxygen atoms in total. The predicted molar refractivity (Wildman–Crippen MR) is 55.0 cm³/mol. The van der Waals surface area contributed by atoms with Crippen molar-refractivity contribution in [1.82, 2.24) is 9.97 Å². The van der Waals surface area contributed by atoms with Crippen LogP contribution in [-0.4, -0.2) is 37.4 Å². The lowest BCUT2D eigenvalue weighted by Gasteiger charge is -2.06. The zero-order valence-electron chi connectivity index (χ0n) is 8.90. The first-order chi connectivity index (χ1) is 7.26. The Bertz CT molecular complexity index is 307. The molecular formula is C9H15N3O3. The van der Waals surface area contributed by atoms with Crippen LogP contribution in [0.2, 0.25) is 0 Å². The quantitative estimate of drug-likeness (QED) is 0.692. The molecule has 2 N–H and O–H groups in total. The second-order valence-electron chi connectivity index (χ2n) is 2.80. The van der Waals surface area contributed by atoms with Crippen LogP contribution in [0.25, 0.3) is 0 Å². The lowest BCUT2D eigenvalue weighted by atomic mass is 10.5. The minimum Gasteiger partial charge on any atom is -0.481 e. The molecule has 1 rings (SSSR count). The third-order valence-electron chi connectivity index (χ3n) is 1.65. The van der Waals surface area contributed by atoms with E-state index >= 15 is 0 Å². The fourth-order valence-corrected chi connectivity index (χ4v) is 0.979. The Morgan fingerprint density at radius 3 is 2.60 bits per heavy atom. The lowest BCUT2D eigenvalue weighted by Crippen LogP contribution is -2.05. The molecule has 1 heterocycles. The standard InChI is InChI=1S/C9H15N3O3/c1-13-4-3-5-15-8-6-7(14-2)11-9(10)12-8/h6H,3-5H2,1-2H3,(H2,10,11,12). The molecule has 0 aliphatic heterocycles. The largest absolute Gasteiger partial charge is 0.481 e. The van der Waals surface area contributed by atoms with Gasteiger partial charge in [-0.3, -0.25) is 0 Å². The molecule has 0 amide bonds. The monoisotopic (exact) mass is 213 g/mol. The number of rotatable bonds is 6. The van der Waals surface area contributed by atoms with Crippen LogP contribution in [0.15, 0.2) is 6.07 Å². The summed E-state index contributed by atoms with van der Waals surface area (Å²) in [5.74, 6) is 0.941. The van der Waals surface area contributed by atoms with Crippen molar-refractivity contribution in [2.24, 2.45) is 0 Å². The highest BCUT2D eigenvalue weighted by atomic mass is 16.5. The van der Waals surface area contributed by atoms with Crippen LogP contribution in [0.1, 0.15) is 6.42 Å². The molecule has 0 bridgehead atoms. The Labute approximate surface area is 88.4 Å². The van der Waals surface area contributed by atoms with Crippen LogP contribution in [0.4, 0.5) is 5.95 Å². The van der Waals surface area contributed by atoms with E-state index in [4.69, 9.17) is 19.9 Å². The lowest BCUT2D eigenvalue weighted by molar-refractivity contribution is 0.170. The van der Waals surface area contributed by atoms with E-state index in [-0.39, 0.29) is 5.95 Å². The third-order valence-corrected chi connectivity index (χ3v) is 1.65. The highest BCUT2D eigenvalue weighted by molar-refractivity contribution is 5.29. The van der Waals surface area contributed by atoms with Gasteiger partial charge < -0.3 is 19.9 Å². The summed E-state index contributed by atoms with van der Waals surface area (Å²) >= 11 is 0. The van der Waals surface area contributed by atoms with Crippen LogP contribution < -0.4 is 15.2 Å². The van der Waals surface area contributed by atoms with Gasteiger partial charge in [-0.15, -0.1) is 0 Å². The zero-order valence-corrected chi connectivity index (χ0v) is 8.90. The molecule has 0 aliphatic carbocycles. The first-order valence-electron chi connectivity index (χ1n) is 4.56. The molecule has 0 aromatic carbocycles. The average Bonchev–Trinajstić information content (AvgIpc) is 2.23. The van der Waals surface area contributed by atoms with Gasteiger partial charge in [-0.05, 0) is 0 Å². The topological polar surface area (TPSA) is 79.5 Å². The Balaban J connectivity index is 2.49. The molecule has 6 heteroatoms. The Kier molecular flexibility index (Phi) is 4.62. The minimum absolute atomic E-state index is 0.135. The Hall–Kier alpha value is -1.56. The molecule has 1 aromatic rings. The van der Waals surface area contributed by atoms with Crippen LogP contribution in [0, 0.1) is 0 Å². The highest BCUT2D eigenvalue weighted by Gasteiger charge is 2.02. The first-order valence-corrected chi connectivity index (χ1v) is 4.56. The number of ether oxygens (including phenoxy) is 3. The van der Waals surface area contributed by atoms with Crippen molar-refractivity contribution >= 4 is 5.95 Å². The normalized spacial score (nSPS) is 10.0. The number of anilines is 1. The fourth-order valence-electron chi connectivity index (χ4n) is 0.979. The molecule has 84 valence electrons. The van der Waals surface area contributed by atoms with E-state index in [9.17, 15) is 0 Å². The number of hydrogen-bond acceptors (Lipinski definition) is 6. The highest BCUT2D eigenvalue weighted by Crippen LogP contribution is 2.15. The van der Waals surface area contributed by atoms with E-state index in [1.165, 1.54) is 7.11 Å². The maximum atomic E-state index is 5.46. The number of aromatic nitrogens is 2. The molecule has 1 aromatic heterocycles. The minimum atomic E-state index is 0.135. The summed E-state index contributed by atoms with van der Waals surface area (Å²) in [6.45, 7) is 1.17. The van der Waals surface area contributed by atoms with Crippen molar-refractivity contribution in [3.63, 3.8) is 0 Å². The summed E-state index contributed by atoms with van der Waals surface area (Å²) in [6.07, 6.45) is 0.794. The number of hydrogen-bond donors (Lipinski definition) is 1. The molecule has 0 unspecified atom stereocenters. The van der Waals surface area contributed by atoms with Crippen molar-refractivity contribution in [2.75, 3.05) is 33.2 Å². The first kappa shape index (κ1) is 11.5. The fraction of sp³-hybridized carbons (Fsp3) is 0.556. The van der Waals surface area contributed by atoms with Gasteiger partial charge >= 0.3 is 0 Å². The summed E-state index contributed by atoms with van der Waals surface area (Å²) < 4.78 is 15.2. The van der Waals surface area contributed by atoms with Crippen molar-refractivity contribution in [3.8, 4) is 11.8 Å². The second-order valence-corrected chi connectivity index (χ2v) is 2.80. The molecule has 0 atom stereocenters. The van der Waals surface area contributed by atoms with Gasteiger partial charge in [0.2, 0.25) is 17.7 Å². The zero-order chi connectivity index (χ0) is 11.1. The summed E-state index contributed by atoms with van der Waals surface area (Å²) in [6, 6.07) is 1.59. The molecule has 0 saturated heterocycles. The van der Waals surface area contributed by atoms with Gasteiger partial charge in [0.05, 0.1) is 19.8 Å². The van der Waals surface area contributed by atoms with Gasteiger partial charge in [0.25, 0.3) is 0 Å². The third kappa shape index (κ3) is 3.99. The summed E-state index contributed by atoms with van der Waals surface area (Å²) in [4.78, 5) is 7.74. The SMILES string of the molecule is COCCCOc1cc(OC)nc(N)n1.